The molecular formula is C22H25FN2O4. The quantitative estimate of drug-likeness (QED) is 0.775. The molecule has 1 N–H and O–H groups in total. The predicted octanol–water partition coefficient (Wildman–Crippen LogP) is 3.18. The van der Waals surface area contributed by atoms with Gasteiger partial charge in [0.2, 0.25) is 11.8 Å². The summed E-state index contributed by atoms with van der Waals surface area (Å²) in [6.45, 7) is 2.52. The van der Waals surface area contributed by atoms with Gasteiger partial charge in [-0.3, -0.25) is 9.59 Å². The number of hydrogen-bond donors (Lipinski definition) is 1. The number of likely N-dealkylation sites (tertiary alicyclic amines) is 1. The van der Waals surface area contributed by atoms with Crippen LogP contribution in [0.4, 0.5) is 10.1 Å². The molecule has 1 atom stereocenters. The number of ether oxygens (including phenoxy) is 2. The molecule has 0 aromatic heterocycles. The van der Waals surface area contributed by atoms with Gasteiger partial charge in [-0.25, -0.2) is 4.39 Å². The van der Waals surface area contributed by atoms with Crippen LogP contribution in [-0.2, 0) is 16.0 Å². The summed E-state index contributed by atoms with van der Waals surface area (Å²) >= 11 is 0. The molecule has 7 heteroatoms. The second-order valence-corrected chi connectivity index (χ2v) is 7.13. The molecule has 0 bridgehead atoms. The minimum atomic E-state index is -0.447. The number of rotatable bonds is 7. The minimum absolute atomic E-state index is 0.0549. The molecular weight excluding hydrogens is 375 g/mol. The van der Waals surface area contributed by atoms with Gasteiger partial charge in [0.1, 0.15) is 5.82 Å². The van der Waals surface area contributed by atoms with Crippen LogP contribution < -0.4 is 14.8 Å². The van der Waals surface area contributed by atoms with Crippen LogP contribution in [0.25, 0.3) is 0 Å². The van der Waals surface area contributed by atoms with Crippen molar-refractivity contribution in [1.29, 1.82) is 0 Å². The second kappa shape index (κ2) is 8.94. The summed E-state index contributed by atoms with van der Waals surface area (Å²) < 4.78 is 24.2. The Morgan fingerprint density at radius 3 is 2.62 bits per heavy atom. The van der Waals surface area contributed by atoms with Crippen molar-refractivity contribution in [3.8, 4) is 11.5 Å². The van der Waals surface area contributed by atoms with E-state index in [1.807, 2.05) is 18.2 Å². The van der Waals surface area contributed by atoms with Crippen molar-refractivity contribution in [1.82, 2.24) is 4.90 Å². The average Bonchev–Trinajstić information content (AvgIpc) is 3.09. The van der Waals surface area contributed by atoms with E-state index in [0.29, 0.717) is 42.3 Å². The standard InChI is InChI=1S/C22H25FN2O4/c1-14-4-6-17(12-18(14)23)24-22(27)16-11-21(26)25(13-16)9-8-15-5-7-19(28-2)20(10-15)29-3/h4-7,10,12,16H,8-9,11,13H2,1-3H3,(H,24,27). The lowest BCUT2D eigenvalue weighted by Crippen LogP contribution is -2.30. The van der Waals surface area contributed by atoms with Crippen LogP contribution in [0.2, 0.25) is 0 Å². The normalized spacial score (nSPS) is 16.1. The third-order valence-corrected chi connectivity index (χ3v) is 5.14. The van der Waals surface area contributed by atoms with Gasteiger partial charge in [0, 0.05) is 25.2 Å². The molecule has 1 aliphatic rings. The van der Waals surface area contributed by atoms with E-state index in [1.54, 1.807) is 38.2 Å². The summed E-state index contributed by atoms with van der Waals surface area (Å²) in [7, 11) is 3.16. The lowest BCUT2D eigenvalue weighted by molar-refractivity contribution is -0.128. The summed E-state index contributed by atoms with van der Waals surface area (Å²) in [6.07, 6.45) is 0.801. The number of benzene rings is 2. The number of methoxy groups -OCH3 is 2. The molecule has 2 aromatic carbocycles. The van der Waals surface area contributed by atoms with Crippen LogP contribution in [0, 0.1) is 18.7 Å². The van der Waals surface area contributed by atoms with E-state index < -0.39 is 5.92 Å². The first-order valence-corrected chi connectivity index (χ1v) is 9.47. The lowest BCUT2D eigenvalue weighted by atomic mass is 10.1. The Bertz CT molecular complexity index is 916. The van der Waals surface area contributed by atoms with Crippen molar-refractivity contribution in [2.75, 3.05) is 32.6 Å². The van der Waals surface area contributed by atoms with Crippen LogP contribution >= 0.6 is 0 Å². The number of carbonyl (C=O) groups is 2. The molecule has 1 aliphatic heterocycles. The largest absolute Gasteiger partial charge is 0.493 e. The van der Waals surface area contributed by atoms with Gasteiger partial charge in [-0.1, -0.05) is 12.1 Å². The van der Waals surface area contributed by atoms with Crippen LogP contribution in [0.15, 0.2) is 36.4 Å². The van der Waals surface area contributed by atoms with E-state index in [1.165, 1.54) is 6.07 Å². The molecule has 1 fully saturated rings. The van der Waals surface area contributed by atoms with Crippen LogP contribution in [0.5, 0.6) is 11.5 Å². The highest BCUT2D eigenvalue weighted by Gasteiger charge is 2.34. The summed E-state index contributed by atoms with van der Waals surface area (Å²) in [4.78, 5) is 26.5. The number of anilines is 1. The Balaban J connectivity index is 1.57. The molecule has 0 saturated carbocycles. The van der Waals surface area contributed by atoms with Crippen molar-refractivity contribution in [2.24, 2.45) is 5.92 Å². The first-order chi connectivity index (χ1) is 13.9. The van der Waals surface area contributed by atoms with Gasteiger partial charge in [-0.15, -0.1) is 0 Å². The van der Waals surface area contributed by atoms with Gasteiger partial charge >= 0.3 is 0 Å². The monoisotopic (exact) mass is 400 g/mol. The Morgan fingerprint density at radius 2 is 1.93 bits per heavy atom. The topological polar surface area (TPSA) is 67.9 Å². The van der Waals surface area contributed by atoms with Gasteiger partial charge in [0.05, 0.1) is 20.1 Å². The summed E-state index contributed by atoms with van der Waals surface area (Å²) in [5, 5.41) is 2.71. The number of carbonyl (C=O) groups excluding carboxylic acids is 2. The number of aryl methyl sites for hydroxylation is 1. The van der Waals surface area contributed by atoms with Gasteiger partial charge in [-0.2, -0.15) is 0 Å². The van der Waals surface area contributed by atoms with E-state index in [9.17, 15) is 14.0 Å². The van der Waals surface area contributed by atoms with Crippen LogP contribution in [0.1, 0.15) is 17.5 Å². The Kier molecular flexibility index (Phi) is 6.36. The van der Waals surface area contributed by atoms with E-state index in [4.69, 9.17) is 9.47 Å². The molecule has 1 unspecified atom stereocenters. The average molecular weight is 400 g/mol. The fraction of sp³-hybridized carbons (Fsp3) is 0.364. The van der Waals surface area contributed by atoms with Crippen LogP contribution in [0.3, 0.4) is 0 Å². The molecule has 0 radical (unpaired) electrons. The van der Waals surface area contributed by atoms with E-state index in [2.05, 4.69) is 5.32 Å². The second-order valence-electron chi connectivity index (χ2n) is 7.13. The first kappa shape index (κ1) is 20.6. The highest BCUT2D eigenvalue weighted by molar-refractivity contribution is 5.97. The van der Waals surface area contributed by atoms with Gasteiger partial charge < -0.3 is 19.7 Å². The Morgan fingerprint density at radius 1 is 1.17 bits per heavy atom. The fourth-order valence-corrected chi connectivity index (χ4v) is 3.38. The summed E-state index contributed by atoms with van der Waals surface area (Å²) in [5.41, 5.74) is 1.92. The van der Waals surface area contributed by atoms with Crippen molar-refractivity contribution >= 4 is 17.5 Å². The molecule has 29 heavy (non-hydrogen) atoms. The molecule has 1 saturated heterocycles. The zero-order valence-electron chi connectivity index (χ0n) is 16.8. The molecule has 0 aliphatic carbocycles. The van der Waals surface area contributed by atoms with Crippen LogP contribution in [-0.4, -0.2) is 44.0 Å². The first-order valence-electron chi connectivity index (χ1n) is 9.47. The third kappa shape index (κ3) is 4.85. The molecule has 2 aromatic rings. The van der Waals surface area contributed by atoms with Crippen molar-refractivity contribution in [3.63, 3.8) is 0 Å². The molecule has 3 rings (SSSR count). The number of nitrogens with zero attached hydrogens (tertiary/aromatic N) is 1. The van der Waals surface area contributed by atoms with E-state index >= 15 is 0 Å². The van der Waals surface area contributed by atoms with Crippen molar-refractivity contribution < 1.29 is 23.5 Å². The summed E-state index contributed by atoms with van der Waals surface area (Å²) in [5.74, 6) is 0.146. The maximum atomic E-state index is 13.7. The lowest BCUT2D eigenvalue weighted by Gasteiger charge is -2.17. The summed E-state index contributed by atoms with van der Waals surface area (Å²) in [6, 6.07) is 10.2. The van der Waals surface area contributed by atoms with Crippen molar-refractivity contribution in [2.45, 2.75) is 19.8 Å². The highest BCUT2D eigenvalue weighted by atomic mass is 19.1. The highest BCUT2D eigenvalue weighted by Crippen LogP contribution is 2.28. The number of amides is 2. The smallest absolute Gasteiger partial charge is 0.229 e. The Labute approximate surface area is 169 Å². The minimum Gasteiger partial charge on any atom is -0.493 e. The predicted molar refractivity (Wildman–Crippen MR) is 108 cm³/mol. The Hall–Kier alpha value is -3.09. The van der Waals surface area contributed by atoms with Gasteiger partial charge in [0.15, 0.2) is 11.5 Å². The number of halogens is 1. The van der Waals surface area contributed by atoms with Gasteiger partial charge in [-0.05, 0) is 48.7 Å². The fourth-order valence-electron chi connectivity index (χ4n) is 3.38. The van der Waals surface area contributed by atoms with Gasteiger partial charge in [0.25, 0.3) is 0 Å². The maximum absolute atomic E-state index is 13.7. The molecule has 0 spiro atoms. The molecule has 6 nitrogen and oxygen atoms in total. The van der Waals surface area contributed by atoms with E-state index in [0.717, 1.165) is 5.56 Å². The molecule has 154 valence electrons. The third-order valence-electron chi connectivity index (χ3n) is 5.14. The maximum Gasteiger partial charge on any atom is 0.229 e. The molecule has 2 amide bonds. The number of nitrogens with one attached hydrogen (secondary N) is 1. The van der Waals surface area contributed by atoms with Crippen molar-refractivity contribution in [3.05, 3.63) is 53.3 Å². The molecule has 1 heterocycles. The SMILES string of the molecule is COc1ccc(CCN2CC(C(=O)Nc3ccc(C)c(F)c3)CC2=O)cc1OC. The van der Waals surface area contributed by atoms with E-state index in [-0.39, 0.29) is 24.1 Å². The zero-order chi connectivity index (χ0) is 21.0. The zero-order valence-corrected chi connectivity index (χ0v) is 16.8. The number of hydrogen-bond acceptors (Lipinski definition) is 4.